The van der Waals surface area contributed by atoms with E-state index in [1.807, 2.05) is 79.5 Å². The molecule has 0 atom stereocenters. The molecule has 0 aliphatic carbocycles. The van der Waals surface area contributed by atoms with Crippen LogP contribution in [0.4, 0.5) is 0 Å². The zero-order valence-electron chi connectivity index (χ0n) is 17.1. The van der Waals surface area contributed by atoms with E-state index in [0.29, 0.717) is 24.3 Å². The number of carbonyl (C=O) groups is 1. The second kappa shape index (κ2) is 8.73. The van der Waals surface area contributed by atoms with Crippen LogP contribution in [0, 0.1) is 0 Å². The van der Waals surface area contributed by atoms with Gasteiger partial charge in [-0.25, -0.2) is 14.3 Å². The number of hydrogen-bond donors (Lipinski definition) is 1. The summed E-state index contributed by atoms with van der Waals surface area (Å²) in [5.41, 5.74) is 3.50. The SMILES string of the molecule is CC(C)c1c(C(=O)NCCc2cnn(-c3ccccc3)c2)cnn1-c1ccccn1. The Kier molecular flexibility index (Phi) is 5.70. The van der Waals surface area contributed by atoms with Gasteiger partial charge in [0.15, 0.2) is 5.82 Å². The maximum atomic E-state index is 12.8. The zero-order valence-corrected chi connectivity index (χ0v) is 17.1. The summed E-state index contributed by atoms with van der Waals surface area (Å²) in [4.78, 5) is 17.2. The quantitative estimate of drug-likeness (QED) is 0.515. The Morgan fingerprint density at radius 3 is 2.57 bits per heavy atom. The van der Waals surface area contributed by atoms with Crippen molar-refractivity contribution in [3.63, 3.8) is 0 Å². The molecular formula is C23H24N6O. The molecule has 3 aromatic heterocycles. The first-order valence-corrected chi connectivity index (χ1v) is 10.00. The highest BCUT2D eigenvalue weighted by molar-refractivity contribution is 5.95. The van der Waals surface area contributed by atoms with Crippen molar-refractivity contribution in [1.82, 2.24) is 29.9 Å². The lowest BCUT2D eigenvalue weighted by molar-refractivity contribution is 0.0952. The molecule has 1 aromatic carbocycles. The van der Waals surface area contributed by atoms with E-state index in [2.05, 4.69) is 20.5 Å². The fourth-order valence-corrected chi connectivity index (χ4v) is 3.38. The van der Waals surface area contributed by atoms with Gasteiger partial charge in [-0.3, -0.25) is 4.79 Å². The van der Waals surface area contributed by atoms with Crippen molar-refractivity contribution in [3.05, 3.63) is 90.1 Å². The molecule has 7 nitrogen and oxygen atoms in total. The molecule has 0 radical (unpaired) electrons. The molecule has 0 unspecified atom stereocenters. The van der Waals surface area contributed by atoms with Crippen LogP contribution in [0.15, 0.2) is 73.3 Å². The molecule has 4 aromatic rings. The molecule has 0 saturated heterocycles. The van der Waals surface area contributed by atoms with Gasteiger partial charge >= 0.3 is 0 Å². The summed E-state index contributed by atoms with van der Waals surface area (Å²) >= 11 is 0. The molecule has 0 spiro atoms. The molecule has 1 N–H and O–H groups in total. The Morgan fingerprint density at radius 1 is 1.03 bits per heavy atom. The Labute approximate surface area is 175 Å². The lowest BCUT2D eigenvalue weighted by Crippen LogP contribution is -2.26. The zero-order chi connectivity index (χ0) is 20.9. The fourth-order valence-electron chi connectivity index (χ4n) is 3.38. The summed E-state index contributed by atoms with van der Waals surface area (Å²) in [5, 5.41) is 11.8. The van der Waals surface area contributed by atoms with Gasteiger partial charge in [0.05, 0.1) is 29.3 Å². The van der Waals surface area contributed by atoms with Crippen LogP contribution in [0.2, 0.25) is 0 Å². The molecule has 30 heavy (non-hydrogen) atoms. The monoisotopic (exact) mass is 400 g/mol. The molecule has 152 valence electrons. The van der Waals surface area contributed by atoms with Crippen molar-refractivity contribution in [2.24, 2.45) is 0 Å². The van der Waals surface area contributed by atoms with Gasteiger partial charge in [-0.15, -0.1) is 0 Å². The van der Waals surface area contributed by atoms with Crippen molar-refractivity contribution >= 4 is 5.91 Å². The minimum absolute atomic E-state index is 0.124. The van der Waals surface area contributed by atoms with E-state index < -0.39 is 0 Å². The van der Waals surface area contributed by atoms with Crippen LogP contribution in [0.5, 0.6) is 0 Å². The Balaban J connectivity index is 1.43. The van der Waals surface area contributed by atoms with Gasteiger partial charge < -0.3 is 5.32 Å². The van der Waals surface area contributed by atoms with E-state index in [0.717, 1.165) is 16.9 Å². The number of aromatic nitrogens is 5. The van der Waals surface area contributed by atoms with E-state index in [1.165, 1.54) is 0 Å². The predicted octanol–water partition coefficient (Wildman–Crippen LogP) is 3.55. The number of hydrogen-bond acceptors (Lipinski definition) is 4. The molecule has 1 amide bonds. The fraction of sp³-hybridized carbons (Fsp3) is 0.217. The third-order valence-electron chi connectivity index (χ3n) is 4.82. The number of amides is 1. The minimum atomic E-state index is -0.128. The molecule has 0 bridgehead atoms. The van der Waals surface area contributed by atoms with Crippen molar-refractivity contribution in [2.45, 2.75) is 26.2 Å². The number of rotatable bonds is 7. The second-order valence-corrected chi connectivity index (χ2v) is 7.33. The Bertz CT molecular complexity index is 1120. The average Bonchev–Trinajstić information content (AvgIpc) is 3.42. The second-order valence-electron chi connectivity index (χ2n) is 7.33. The molecule has 0 fully saturated rings. The summed E-state index contributed by atoms with van der Waals surface area (Å²) in [6.45, 7) is 4.61. The predicted molar refractivity (Wildman–Crippen MR) is 115 cm³/mol. The Morgan fingerprint density at radius 2 is 1.83 bits per heavy atom. The molecule has 0 aliphatic heterocycles. The first kappa shape index (κ1) is 19.6. The topological polar surface area (TPSA) is 77.6 Å². The van der Waals surface area contributed by atoms with E-state index in [1.54, 1.807) is 17.1 Å². The summed E-state index contributed by atoms with van der Waals surface area (Å²) in [6.07, 6.45) is 7.85. The summed E-state index contributed by atoms with van der Waals surface area (Å²) in [5.74, 6) is 0.698. The van der Waals surface area contributed by atoms with Crippen LogP contribution < -0.4 is 5.32 Å². The molecule has 4 rings (SSSR count). The average molecular weight is 400 g/mol. The van der Waals surface area contributed by atoms with Gasteiger partial charge in [0.25, 0.3) is 5.91 Å². The highest BCUT2D eigenvalue weighted by Crippen LogP contribution is 2.22. The van der Waals surface area contributed by atoms with Gasteiger partial charge in [-0.2, -0.15) is 10.2 Å². The molecule has 0 saturated carbocycles. The number of nitrogens with one attached hydrogen (secondary N) is 1. The van der Waals surface area contributed by atoms with Crippen molar-refractivity contribution in [3.8, 4) is 11.5 Å². The molecule has 7 heteroatoms. The first-order valence-electron chi connectivity index (χ1n) is 10.00. The number of nitrogens with zero attached hydrogens (tertiary/aromatic N) is 5. The Hall–Kier alpha value is -3.74. The van der Waals surface area contributed by atoms with Gasteiger partial charge in [0.2, 0.25) is 0 Å². The standard InChI is InChI=1S/C23H24N6O/c1-17(2)22-20(15-27-29(22)21-10-6-7-12-24-21)23(30)25-13-11-18-14-26-28(16-18)19-8-4-3-5-9-19/h3-10,12,14-17H,11,13H2,1-2H3,(H,25,30). The summed E-state index contributed by atoms with van der Waals surface area (Å²) < 4.78 is 3.58. The molecule has 3 heterocycles. The minimum Gasteiger partial charge on any atom is -0.352 e. The van der Waals surface area contributed by atoms with Crippen molar-refractivity contribution in [1.29, 1.82) is 0 Å². The van der Waals surface area contributed by atoms with E-state index in [9.17, 15) is 4.79 Å². The number of para-hydroxylation sites is 1. The number of benzene rings is 1. The van der Waals surface area contributed by atoms with E-state index in [4.69, 9.17) is 0 Å². The number of pyridine rings is 1. The summed E-state index contributed by atoms with van der Waals surface area (Å²) in [6, 6.07) is 15.6. The van der Waals surface area contributed by atoms with Crippen LogP contribution in [0.25, 0.3) is 11.5 Å². The lowest BCUT2D eigenvalue weighted by atomic mass is 10.1. The largest absolute Gasteiger partial charge is 0.352 e. The van der Waals surface area contributed by atoms with Gasteiger partial charge in [0, 0.05) is 18.9 Å². The first-order chi connectivity index (χ1) is 14.6. The van der Waals surface area contributed by atoms with Crippen LogP contribution >= 0.6 is 0 Å². The van der Waals surface area contributed by atoms with Crippen LogP contribution in [0.1, 0.15) is 41.4 Å². The summed E-state index contributed by atoms with van der Waals surface area (Å²) in [7, 11) is 0. The lowest BCUT2D eigenvalue weighted by Gasteiger charge is -2.12. The number of carbonyl (C=O) groups excluding carboxylic acids is 1. The highest BCUT2D eigenvalue weighted by Gasteiger charge is 2.21. The van der Waals surface area contributed by atoms with Crippen molar-refractivity contribution in [2.75, 3.05) is 6.54 Å². The molecule has 0 aliphatic rings. The normalized spacial score (nSPS) is 11.0. The van der Waals surface area contributed by atoms with Gasteiger partial charge in [-0.1, -0.05) is 38.1 Å². The third-order valence-corrected chi connectivity index (χ3v) is 4.82. The van der Waals surface area contributed by atoms with Crippen LogP contribution in [-0.2, 0) is 6.42 Å². The maximum Gasteiger partial charge on any atom is 0.254 e. The van der Waals surface area contributed by atoms with Gasteiger partial charge in [-0.05, 0) is 42.2 Å². The third kappa shape index (κ3) is 4.15. The smallest absolute Gasteiger partial charge is 0.254 e. The van der Waals surface area contributed by atoms with Crippen molar-refractivity contribution < 1.29 is 4.79 Å². The van der Waals surface area contributed by atoms with E-state index in [-0.39, 0.29) is 11.8 Å². The maximum absolute atomic E-state index is 12.8. The molecular weight excluding hydrogens is 376 g/mol. The van der Waals surface area contributed by atoms with E-state index >= 15 is 0 Å². The van der Waals surface area contributed by atoms with Gasteiger partial charge in [0.1, 0.15) is 0 Å². The van der Waals surface area contributed by atoms with Crippen LogP contribution in [-0.4, -0.2) is 37.0 Å². The highest BCUT2D eigenvalue weighted by atomic mass is 16.1. The van der Waals surface area contributed by atoms with Crippen LogP contribution in [0.3, 0.4) is 0 Å².